The fraction of sp³-hybridized carbons (Fsp3) is 0.394. The summed E-state index contributed by atoms with van der Waals surface area (Å²) >= 11 is 0. The van der Waals surface area contributed by atoms with E-state index in [4.69, 9.17) is 0 Å². The molecule has 620 valence electrons. The van der Waals surface area contributed by atoms with E-state index in [1.54, 1.807) is 32.1 Å². The molecule has 10 aromatic carbocycles. The van der Waals surface area contributed by atoms with Crippen LogP contribution in [0.5, 0.6) is 0 Å². The van der Waals surface area contributed by atoms with Crippen molar-refractivity contribution in [2.75, 3.05) is 84.6 Å². The van der Waals surface area contributed by atoms with Gasteiger partial charge in [0.25, 0.3) is 0 Å². The highest BCUT2D eigenvalue weighted by molar-refractivity contribution is 5.34. The predicted octanol–water partition coefficient (Wildman–Crippen LogP) is 19.4. The molecule has 3 saturated carbocycles. The maximum Gasteiger partial charge on any atom is -0.00258 e. The molecule has 0 atom stereocenters. The lowest BCUT2D eigenvalue weighted by atomic mass is 9.78. The molecule has 3 aliphatic carbocycles. The zero-order valence-corrected chi connectivity index (χ0v) is 72.2. The van der Waals surface area contributed by atoms with Crippen LogP contribution in [0.25, 0.3) is 0 Å². The summed E-state index contributed by atoms with van der Waals surface area (Å²) < 4.78 is 0. The van der Waals surface area contributed by atoms with Crippen LogP contribution in [0.1, 0.15) is 179 Å². The molecule has 0 spiro atoms. The van der Waals surface area contributed by atoms with Gasteiger partial charge in [0.1, 0.15) is 0 Å². The average Bonchev–Trinajstić information content (AvgIpc) is 0.863. The highest BCUT2D eigenvalue weighted by Gasteiger charge is 2.20. The minimum atomic E-state index is 0.983. The first-order valence-corrected chi connectivity index (χ1v) is 40.4. The highest BCUT2D eigenvalue weighted by Crippen LogP contribution is 2.35. The molecule has 12 heteroatoms. The maximum absolute atomic E-state index is 4.50. The lowest BCUT2D eigenvalue weighted by Gasteiger charge is -2.28. The SMILES string of the molecule is C1CCC(CC2CCCCC2)CC1.C1CCCCC1.CCc1ccccc1.CCc1ccccc1.CN.CN.CN.CN.CN.CN.CN.CN.CN.CN.CN.CN.c1ccc(Cc2ccc(Cc3ccc(Cc4ccccc4)cc3)cc2)cc1.c1ccc(Cc2ccccc2)cc1.c1ccccc1.c1ccccc1. The van der Waals surface area contributed by atoms with Gasteiger partial charge in [0.05, 0.1) is 0 Å². The van der Waals surface area contributed by atoms with Crippen molar-refractivity contribution in [1.29, 1.82) is 0 Å². The Hall–Kier alpha value is -8.28. The summed E-state index contributed by atoms with van der Waals surface area (Å²) in [5.74, 6) is 2.24. The van der Waals surface area contributed by atoms with Crippen molar-refractivity contribution in [3.05, 3.63) is 359 Å². The third-order valence-corrected chi connectivity index (χ3v) is 16.5. The Balaban J connectivity index is -0.000000225. The molecule has 12 nitrogen and oxygen atoms in total. The number of hydrogen-bond donors (Lipinski definition) is 12. The second kappa shape index (κ2) is 102. The predicted molar refractivity (Wildman–Crippen MR) is 501 cm³/mol. The number of aryl methyl sites for hydroxylation is 2. The van der Waals surface area contributed by atoms with Crippen molar-refractivity contribution in [2.24, 2.45) is 80.6 Å². The molecule has 111 heavy (non-hydrogen) atoms. The Labute approximate surface area is 681 Å². The quantitative estimate of drug-likeness (QED) is 0.0543. The standard InChI is InChI=1S/C27H24.C13H24.C13H12.2C8H10.C6H12.2C6H6.12CH5N/c1-3-7-22(8-4-1)19-24-11-15-26(16-12-24)21-27-17-13-25(14-18-27)20-23-9-5-2-6-10-23;2*1-3-7-12(8-4-1)11-13-9-5-2-6-10-13;2*1-2-8-6-4-3-5-7-8;3*1-2-4-6-5-3-1;12*1-2/h1-18H,19-21H2;12-13H,1-11H2;1-10H,11H2;2*3-7H,2H2,1H3;1-6H2;2*1-6H;12*2H2,1H3. The summed E-state index contributed by atoms with van der Waals surface area (Å²) in [5.41, 5.74) is 67.7. The highest BCUT2D eigenvalue weighted by atomic mass is 14.4. The lowest BCUT2D eigenvalue weighted by Crippen LogP contribution is -2.14. The number of benzene rings is 10. The van der Waals surface area contributed by atoms with E-state index in [0.717, 1.165) is 50.4 Å². The average molecular weight is 1520 g/mol. The molecule has 0 bridgehead atoms. The molecule has 10 aromatic rings. The molecule has 0 heterocycles. The second-order valence-corrected chi connectivity index (χ2v) is 23.6. The Morgan fingerprint density at radius 1 is 0.162 bits per heavy atom. The van der Waals surface area contributed by atoms with Crippen LogP contribution < -0.4 is 68.8 Å². The van der Waals surface area contributed by atoms with Gasteiger partial charge in [0.2, 0.25) is 0 Å². The van der Waals surface area contributed by atoms with Crippen LogP contribution in [0.4, 0.5) is 0 Å². The monoisotopic (exact) mass is 1520 g/mol. The van der Waals surface area contributed by atoms with Gasteiger partial charge in [0.15, 0.2) is 0 Å². The summed E-state index contributed by atoms with van der Waals surface area (Å²) in [5, 5.41) is 0. The van der Waals surface area contributed by atoms with Gasteiger partial charge in [-0.15, -0.1) is 0 Å². The normalized spacial score (nSPS) is 11.1. The van der Waals surface area contributed by atoms with E-state index < -0.39 is 0 Å². The Morgan fingerprint density at radius 3 is 0.414 bits per heavy atom. The third kappa shape index (κ3) is 73.0. The van der Waals surface area contributed by atoms with Crippen molar-refractivity contribution in [2.45, 2.75) is 162 Å². The second-order valence-electron chi connectivity index (χ2n) is 23.6. The summed E-state index contributed by atoms with van der Waals surface area (Å²) in [6.45, 7) is 4.32. The number of rotatable bonds is 12. The zero-order valence-electron chi connectivity index (χ0n) is 72.2. The van der Waals surface area contributed by atoms with Gasteiger partial charge < -0.3 is 68.8 Å². The Morgan fingerprint density at radius 2 is 0.279 bits per heavy atom. The van der Waals surface area contributed by atoms with E-state index in [2.05, 4.69) is 301 Å². The van der Waals surface area contributed by atoms with Crippen molar-refractivity contribution in [1.82, 2.24) is 0 Å². The minimum Gasteiger partial charge on any atom is -0.333 e. The topological polar surface area (TPSA) is 312 Å². The molecule has 3 fully saturated rings. The largest absolute Gasteiger partial charge is 0.333 e. The van der Waals surface area contributed by atoms with Gasteiger partial charge >= 0.3 is 0 Å². The maximum atomic E-state index is 4.50. The van der Waals surface area contributed by atoms with E-state index in [9.17, 15) is 0 Å². The van der Waals surface area contributed by atoms with Gasteiger partial charge in [-0.25, -0.2) is 0 Å². The van der Waals surface area contributed by atoms with E-state index in [0.29, 0.717) is 0 Å². The molecule has 0 aliphatic heterocycles. The third-order valence-electron chi connectivity index (χ3n) is 16.5. The van der Waals surface area contributed by atoms with E-state index >= 15 is 0 Å². The minimum absolute atomic E-state index is 0.983. The van der Waals surface area contributed by atoms with E-state index in [1.807, 2.05) is 84.9 Å². The van der Waals surface area contributed by atoms with E-state index in [-0.39, 0.29) is 0 Å². The van der Waals surface area contributed by atoms with Gasteiger partial charge in [-0.05, 0) is 197 Å². The number of hydrogen-bond acceptors (Lipinski definition) is 12. The van der Waals surface area contributed by atoms with Gasteiger partial charge in [-0.1, -0.05) is 420 Å². The van der Waals surface area contributed by atoms with Crippen LogP contribution in [-0.4, -0.2) is 84.6 Å². The smallest absolute Gasteiger partial charge is 0.00258 e. The molecule has 0 unspecified atom stereocenters. The molecule has 3 aliphatic rings. The molecule has 13 rings (SSSR count). The molecule has 0 radical (unpaired) electrons. The fourth-order valence-electron chi connectivity index (χ4n) is 11.5. The van der Waals surface area contributed by atoms with Crippen LogP contribution in [0.3, 0.4) is 0 Å². The zero-order chi connectivity index (χ0) is 84.5. The molecule has 24 N–H and O–H groups in total. The Kier molecular flexibility index (Phi) is 106. The summed E-state index contributed by atoms with van der Waals surface area (Å²) in [6, 6.07) is 105. The number of nitrogens with two attached hydrogens (primary N) is 12. The molecule has 0 saturated heterocycles. The molecular weight excluding hydrogens is 1360 g/mol. The molecular formula is C99H164N12. The van der Waals surface area contributed by atoms with Crippen molar-refractivity contribution in [3.8, 4) is 0 Å². The van der Waals surface area contributed by atoms with Crippen LogP contribution in [0.2, 0.25) is 0 Å². The molecule has 0 amide bonds. The van der Waals surface area contributed by atoms with Crippen LogP contribution in [0, 0.1) is 11.8 Å². The first kappa shape index (κ1) is 116. The van der Waals surface area contributed by atoms with Gasteiger partial charge in [0, 0.05) is 0 Å². The summed E-state index contributed by atoms with van der Waals surface area (Å²) in [6.07, 6.45) is 32.2. The van der Waals surface area contributed by atoms with Gasteiger partial charge in [-0.2, -0.15) is 0 Å². The first-order chi connectivity index (χ1) is 55.1. The fourth-order valence-corrected chi connectivity index (χ4v) is 11.5. The van der Waals surface area contributed by atoms with Crippen LogP contribution >= 0.6 is 0 Å². The Bertz CT molecular complexity index is 2830. The van der Waals surface area contributed by atoms with Crippen molar-refractivity contribution in [3.63, 3.8) is 0 Å². The van der Waals surface area contributed by atoms with Crippen molar-refractivity contribution >= 4 is 0 Å². The summed E-state index contributed by atoms with van der Waals surface area (Å²) in [4.78, 5) is 0. The van der Waals surface area contributed by atoms with Crippen molar-refractivity contribution < 1.29 is 0 Å². The molecule has 0 aromatic heterocycles. The van der Waals surface area contributed by atoms with Crippen LogP contribution in [0.15, 0.2) is 303 Å². The lowest BCUT2D eigenvalue weighted by molar-refractivity contribution is 0.244. The van der Waals surface area contributed by atoms with E-state index in [1.165, 1.54) is 217 Å². The summed E-state index contributed by atoms with van der Waals surface area (Å²) in [7, 11) is 18.0. The van der Waals surface area contributed by atoms with Crippen LogP contribution in [-0.2, 0) is 38.5 Å². The first-order valence-electron chi connectivity index (χ1n) is 40.4. The van der Waals surface area contributed by atoms with Gasteiger partial charge in [-0.3, -0.25) is 0 Å².